The zero-order chi connectivity index (χ0) is 20.9. The first kappa shape index (κ1) is 22.3. The third-order valence-corrected chi connectivity index (χ3v) is 5.83. The molecule has 1 N–H and O–H groups in total. The molecule has 6 nitrogen and oxygen atoms in total. The molecule has 0 unspecified atom stereocenters. The molecule has 0 bridgehead atoms. The Morgan fingerprint density at radius 1 is 1.18 bits per heavy atom. The van der Waals surface area contributed by atoms with E-state index in [2.05, 4.69) is 5.32 Å². The van der Waals surface area contributed by atoms with E-state index in [1.54, 1.807) is 43.3 Å². The Morgan fingerprint density at radius 2 is 1.82 bits per heavy atom. The molecule has 0 saturated carbocycles. The van der Waals surface area contributed by atoms with Crippen molar-refractivity contribution in [3.8, 4) is 5.75 Å². The highest BCUT2D eigenvalue weighted by Crippen LogP contribution is 2.31. The minimum Gasteiger partial charge on any atom is -0.495 e. The van der Waals surface area contributed by atoms with Crippen molar-refractivity contribution in [1.82, 2.24) is 5.32 Å². The fourth-order valence-electron chi connectivity index (χ4n) is 2.76. The number of rotatable bonds is 8. The number of methoxy groups -OCH3 is 1. The topological polar surface area (TPSA) is 75.7 Å². The molecule has 2 aromatic rings. The average molecular weight is 445 g/mol. The maximum atomic E-state index is 12.8. The normalized spacial score (nSPS) is 12.3. The van der Waals surface area contributed by atoms with Gasteiger partial charge in [-0.05, 0) is 42.3 Å². The van der Waals surface area contributed by atoms with Crippen LogP contribution in [-0.4, -0.2) is 33.7 Å². The standard InChI is InChI=1S/C19H22Cl2N2O4S/c1-4-17(19(24)22-12-13-5-7-14(20)8-6-13)23(28(3,25)26)15-9-10-18(27-2)16(21)11-15/h5-11,17H,4,12H2,1-3H3,(H,22,24)/t17-/m1/s1. The van der Waals surface area contributed by atoms with Crippen LogP contribution in [0.15, 0.2) is 42.5 Å². The van der Waals surface area contributed by atoms with Gasteiger partial charge in [-0.25, -0.2) is 8.42 Å². The molecule has 28 heavy (non-hydrogen) atoms. The monoisotopic (exact) mass is 444 g/mol. The Balaban J connectivity index is 2.28. The van der Waals surface area contributed by atoms with E-state index in [0.29, 0.717) is 16.5 Å². The quantitative estimate of drug-likeness (QED) is 0.670. The number of anilines is 1. The number of carbonyl (C=O) groups excluding carboxylic acids is 1. The van der Waals surface area contributed by atoms with Gasteiger partial charge in [-0.2, -0.15) is 0 Å². The summed E-state index contributed by atoms with van der Waals surface area (Å²) in [7, 11) is -2.28. The van der Waals surface area contributed by atoms with Crippen LogP contribution in [0.1, 0.15) is 18.9 Å². The minimum atomic E-state index is -3.74. The van der Waals surface area contributed by atoms with Crippen LogP contribution >= 0.6 is 23.2 Å². The van der Waals surface area contributed by atoms with Crippen molar-refractivity contribution in [1.29, 1.82) is 0 Å². The molecule has 0 aliphatic carbocycles. The Hall–Kier alpha value is -1.96. The number of sulfonamides is 1. The summed E-state index contributed by atoms with van der Waals surface area (Å²) in [6.45, 7) is 2.00. The number of nitrogens with zero attached hydrogens (tertiary/aromatic N) is 1. The lowest BCUT2D eigenvalue weighted by Gasteiger charge is -2.30. The fourth-order valence-corrected chi connectivity index (χ4v) is 4.34. The van der Waals surface area contributed by atoms with E-state index >= 15 is 0 Å². The van der Waals surface area contributed by atoms with Gasteiger partial charge in [-0.3, -0.25) is 9.10 Å². The highest BCUT2D eigenvalue weighted by Gasteiger charge is 2.31. The van der Waals surface area contributed by atoms with E-state index in [4.69, 9.17) is 27.9 Å². The molecule has 2 rings (SSSR count). The number of nitrogens with one attached hydrogen (secondary N) is 1. The predicted molar refractivity (Wildman–Crippen MR) is 113 cm³/mol. The van der Waals surface area contributed by atoms with Crippen LogP contribution in [0.5, 0.6) is 5.75 Å². The second-order valence-electron chi connectivity index (χ2n) is 6.15. The van der Waals surface area contributed by atoms with Gasteiger partial charge in [0, 0.05) is 11.6 Å². The minimum absolute atomic E-state index is 0.255. The molecule has 152 valence electrons. The molecule has 1 atom stereocenters. The molecule has 2 aromatic carbocycles. The van der Waals surface area contributed by atoms with Gasteiger partial charge < -0.3 is 10.1 Å². The molecule has 0 fully saturated rings. The third-order valence-electron chi connectivity index (χ3n) is 4.10. The van der Waals surface area contributed by atoms with Gasteiger partial charge in [0.1, 0.15) is 11.8 Å². The Morgan fingerprint density at radius 3 is 2.32 bits per heavy atom. The number of carbonyl (C=O) groups is 1. The molecule has 1 amide bonds. The Kier molecular flexibility index (Phi) is 7.57. The first-order valence-electron chi connectivity index (χ1n) is 8.52. The summed E-state index contributed by atoms with van der Waals surface area (Å²) >= 11 is 12.0. The van der Waals surface area contributed by atoms with Crippen molar-refractivity contribution in [3.05, 3.63) is 58.1 Å². The van der Waals surface area contributed by atoms with Gasteiger partial charge in [0.05, 0.1) is 24.1 Å². The Bertz CT molecular complexity index is 933. The third kappa shape index (κ3) is 5.53. The summed E-state index contributed by atoms with van der Waals surface area (Å²) in [5, 5.41) is 3.64. The lowest BCUT2D eigenvalue weighted by atomic mass is 10.1. The molecular formula is C19H22Cl2N2O4S. The van der Waals surface area contributed by atoms with Gasteiger partial charge in [-0.1, -0.05) is 42.3 Å². The van der Waals surface area contributed by atoms with Gasteiger partial charge in [-0.15, -0.1) is 0 Å². The smallest absolute Gasteiger partial charge is 0.244 e. The van der Waals surface area contributed by atoms with E-state index < -0.39 is 22.0 Å². The second-order valence-corrected chi connectivity index (χ2v) is 8.85. The van der Waals surface area contributed by atoms with Crippen LogP contribution in [-0.2, 0) is 21.4 Å². The number of amides is 1. The summed E-state index contributed by atoms with van der Waals surface area (Å²) in [5.74, 6) is 0.00826. The summed E-state index contributed by atoms with van der Waals surface area (Å²) in [5.41, 5.74) is 1.15. The number of hydrogen-bond acceptors (Lipinski definition) is 4. The van der Waals surface area contributed by atoms with E-state index in [-0.39, 0.29) is 18.0 Å². The van der Waals surface area contributed by atoms with Crippen LogP contribution in [0, 0.1) is 0 Å². The zero-order valence-electron chi connectivity index (χ0n) is 15.8. The van der Waals surface area contributed by atoms with Crippen LogP contribution < -0.4 is 14.4 Å². The lowest BCUT2D eigenvalue weighted by molar-refractivity contribution is -0.122. The molecule has 0 aliphatic heterocycles. The highest BCUT2D eigenvalue weighted by molar-refractivity contribution is 7.92. The summed E-state index contributed by atoms with van der Waals surface area (Å²) in [6, 6.07) is 10.7. The molecule has 0 aliphatic rings. The van der Waals surface area contributed by atoms with Gasteiger partial charge >= 0.3 is 0 Å². The molecule has 9 heteroatoms. The number of ether oxygens (including phenoxy) is 1. The maximum absolute atomic E-state index is 12.8. The van der Waals surface area contributed by atoms with Crippen molar-refractivity contribution < 1.29 is 17.9 Å². The maximum Gasteiger partial charge on any atom is 0.244 e. The molecule has 0 radical (unpaired) electrons. The zero-order valence-corrected chi connectivity index (χ0v) is 18.1. The van der Waals surface area contributed by atoms with E-state index in [1.807, 2.05) is 0 Å². The lowest BCUT2D eigenvalue weighted by Crippen LogP contribution is -2.49. The summed E-state index contributed by atoms with van der Waals surface area (Å²) in [6.07, 6.45) is 1.34. The van der Waals surface area contributed by atoms with Crippen LogP contribution in [0.2, 0.25) is 10.0 Å². The van der Waals surface area contributed by atoms with Crippen LogP contribution in [0.25, 0.3) is 0 Å². The summed E-state index contributed by atoms with van der Waals surface area (Å²) < 4.78 is 31.1. The number of hydrogen-bond donors (Lipinski definition) is 1. The molecule has 0 aromatic heterocycles. The largest absolute Gasteiger partial charge is 0.495 e. The van der Waals surface area contributed by atoms with Crippen molar-refractivity contribution in [2.45, 2.75) is 25.9 Å². The average Bonchev–Trinajstić information content (AvgIpc) is 2.64. The van der Waals surface area contributed by atoms with Crippen molar-refractivity contribution in [2.24, 2.45) is 0 Å². The molecule has 0 heterocycles. The summed E-state index contributed by atoms with van der Waals surface area (Å²) in [4.78, 5) is 12.8. The molecular weight excluding hydrogens is 423 g/mol. The van der Waals surface area contributed by atoms with E-state index in [0.717, 1.165) is 16.1 Å². The number of benzene rings is 2. The van der Waals surface area contributed by atoms with Crippen molar-refractivity contribution in [3.63, 3.8) is 0 Å². The first-order chi connectivity index (χ1) is 13.2. The first-order valence-corrected chi connectivity index (χ1v) is 11.1. The van der Waals surface area contributed by atoms with E-state index in [1.165, 1.54) is 13.2 Å². The predicted octanol–water partition coefficient (Wildman–Crippen LogP) is 3.86. The Labute approximate surface area is 175 Å². The van der Waals surface area contributed by atoms with Gasteiger partial charge in [0.2, 0.25) is 15.9 Å². The molecule has 0 saturated heterocycles. The van der Waals surface area contributed by atoms with E-state index in [9.17, 15) is 13.2 Å². The number of halogens is 2. The van der Waals surface area contributed by atoms with Gasteiger partial charge in [0.15, 0.2) is 0 Å². The van der Waals surface area contributed by atoms with Crippen LogP contribution in [0.3, 0.4) is 0 Å². The highest BCUT2D eigenvalue weighted by atomic mass is 35.5. The fraction of sp³-hybridized carbons (Fsp3) is 0.316. The van der Waals surface area contributed by atoms with Crippen LogP contribution in [0.4, 0.5) is 5.69 Å². The van der Waals surface area contributed by atoms with Gasteiger partial charge in [0.25, 0.3) is 0 Å². The van der Waals surface area contributed by atoms with Crippen molar-refractivity contribution >= 4 is 44.8 Å². The van der Waals surface area contributed by atoms with Crippen molar-refractivity contribution in [2.75, 3.05) is 17.7 Å². The SMILES string of the molecule is CC[C@H](C(=O)NCc1ccc(Cl)cc1)N(c1ccc(OC)c(Cl)c1)S(C)(=O)=O. The second kappa shape index (κ2) is 9.49. The molecule has 0 spiro atoms.